The molecule has 0 aliphatic heterocycles. The van der Waals surface area contributed by atoms with Gasteiger partial charge in [0.25, 0.3) is 0 Å². The molecule has 0 aromatic carbocycles. The molecule has 0 bridgehead atoms. The number of hydrogen-bond acceptors (Lipinski definition) is 1. The van der Waals surface area contributed by atoms with E-state index in [1.165, 1.54) is 0 Å². The van der Waals surface area contributed by atoms with Gasteiger partial charge in [-0.3, -0.25) is 0 Å². The van der Waals surface area contributed by atoms with E-state index < -0.39 is 0 Å². The van der Waals surface area contributed by atoms with Gasteiger partial charge >= 0.3 is 0 Å². The Hall–Kier alpha value is 0.210. The first-order chi connectivity index (χ1) is 3.56. The SMILES string of the molecule is COCC[N+](C)(C)C.Cl. The molecule has 0 aromatic rings. The number of hydrogen-bond donors (Lipinski definition) is 0. The highest BCUT2D eigenvalue weighted by Crippen LogP contribution is 1.87. The van der Waals surface area contributed by atoms with Gasteiger partial charge in [0, 0.05) is 7.11 Å². The molecule has 58 valence electrons. The summed E-state index contributed by atoms with van der Waals surface area (Å²) >= 11 is 0. The van der Waals surface area contributed by atoms with Gasteiger partial charge in [-0.05, 0) is 0 Å². The average molecular weight is 155 g/mol. The number of ether oxygens (including phenoxy) is 1. The summed E-state index contributed by atoms with van der Waals surface area (Å²) in [5, 5.41) is 0. The van der Waals surface area contributed by atoms with Crippen molar-refractivity contribution in [3.8, 4) is 0 Å². The molecule has 0 fully saturated rings. The molecule has 0 saturated carbocycles. The van der Waals surface area contributed by atoms with Crippen molar-refractivity contribution >= 4 is 12.4 Å². The van der Waals surface area contributed by atoms with Crippen LogP contribution < -0.4 is 0 Å². The zero-order valence-corrected chi connectivity index (χ0v) is 7.49. The molecule has 0 N–H and O–H groups in total. The Labute approximate surface area is 63.8 Å². The first kappa shape index (κ1) is 11.9. The summed E-state index contributed by atoms with van der Waals surface area (Å²) in [7, 11) is 8.19. The van der Waals surface area contributed by atoms with Crippen molar-refractivity contribution in [1.82, 2.24) is 0 Å². The molecule has 3 heteroatoms. The second-order valence-corrected chi connectivity index (χ2v) is 3.01. The highest BCUT2D eigenvalue weighted by molar-refractivity contribution is 5.85. The molecule has 0 rings (SSSR count). The lowest BCUT2D eigenvalue weighted by Gasteiger charge is -2.22. The van der Waals surface area contributed by atoms with Crippen molar-refractivity contribution in [2.75, 3.05) is 41.4 Å². The molecule has 0 spiro atoms. The van der Waals surface area contributed by atoms with Crippen molar-refractivity contribution < 1.29 is 9.22 Å². The van der Waals surface area contributed by atoms with Crippen LogP contribution in [0.25, 0.3) is 0 Å². The third-order valence-corrected chi connectivity index (χ3v) is 0.966. The van der Waals surface area contributed by atoms with E-state index in [9.17, 15) is 0 Å². The van der Waals surface area contributed by atoms with Crippen molar-refractivity contribution in [1.29, 1.82) is 0 Å². The Morgan fingerprint density at radius 2 is 1.67 bits per heavy atom. The minimum absolute atomic E-state index is 0. The molecule has 2 nitrogen and oxygen atoms in total. The highest BCUT2D eigenvalue weighted by atomic mass is 35.5. The topological polar surface area (TPSA) is 9.23 Å². The molecule has 0 aliphatic rings. The summed E-state index contributed by atoms with van der Waals surface area (Å²) in [4.78, 5) is 0. The van der Waals surface area contributed by atoms with Crippen LogP contribution in [0.15, 0.2) is 0 Å². The van der Waals surface area contributed by atoms with Gasteiger partial charge in [0.15, 0.2) is 0 Å². The average Bonchev–Trinajstić information content (AvgIpc) is 1.59. The van der Waals surface area contributed by atoms with Gasteiger partial charge in [0.1, 0.15) is 6.54 Å². The number of methoxy groups -OCH3 is 1. The van der Waals surface area contributed by atoms with Crippen LogP contribution >= 0.6 is 12.4 Å². The molecule has 0 unspecified atom stereocenters. The smallest absolute Gasteiger partial charge is 0.102 e. The molecule has 9 heavy (non-hydrogen) atoms. The Kier molecular flexibility index (Phi) is 6.68. The first-order valence-electron chi connectivity index (χ1n) is 2.85. The lowest BCUT2D eigenvalue weighted by atomic mass is 10.5. The number of quaternary nitrogens is 1. The summed E-state index contributed by atoms with van der Waals surface area (Å²) in [6.45, 7) is 1.93. The maximum Gasteiger partial charge on any atom is 0.102 e. The lowest BCUT2D eigenvalue weighted by Crippen LogP contribution is -2.37. The summed E-state index contributed by atoms with van der Waals surface area (Å²) in [6.07, 6.45) is 0. The van der Waals surface area contributed by atoms with Crippen LogP contribution in [-0.2, 0) is 4.74 Å². The van der Waals surface area contributed by atoms with E-state index in [2.05, 4.69) is 21.1 Å². The molecule has 0 radical (unpaired) electrons. The van der Waals surface area contributed by atoms with Gasteiger partial charge < -0.3 is 9.22 Å². The number of rotatable bonds is 3. The summed E-state index contributed by atoms with van der Waals surface area (Å²) < 4.78 is 5.88. The Morgan fingerprint density at radius 3 is 1.78 bits per heavy atom. The van der Waals surface area contributed by atoms with Crippen molar-refractivity contribution in [2.45, 2.75) is 0 Å². The normalized spacial score (nSPS) is 10.7. The molecule has 0 atom stereocenters. The second-order valence-electron chi connectivity index (χ2n) is 3.01. The van der Waals surface area contributed by atoms with Gasteiger partial charge in [-0.25, -0.2) is 0 Å². The minimum atomic E-state index is 0. The van der Waals surface area contributed by atoms with E-state index in [1.807, 2.05) is 0 Å². The van der Waals surface area contributed by atoms with Crippen molar-refractivity contribution in [3.63, 3.8) is 0 Å². The largest absolute Gasteiger partial charge is 0.379 e. The Morgan fingerprint density at radius 1 is 1.22 bits per heavy atom. The van der Waals surface area contributed by atoms with E-state index in [1.54, 1.807) is 7.11 Å². The van der Waals surface area contributed by atoms with Crippen LogP contribution in [0.4, 0.5) is 0 Å². The monoisotopic (exact) mass is 154 g/mol. The van der Waals surface area contributed by atoms with E-state index in [0.717, 1.165) is 17.6 Å². The Bertz CT molecular complexity index is 60.6. The van der Waals surface area contributed by atoms with Gasteiger partial charge in [0.05, 0.1) is 27.7 Å². The summed E-state index contributed by atoms with van der Waals surface area (Å²) in [5.41, 5.74) is 0. The number of likely N-dealkylation sites (N-methyl/N-ethyl adjacent to an activating group) is 1. The quantitative estimate of drug-likeness (QED) is 0.546. The number of nitrogens with zero attached hydrogens (tertiary/aromatic N) is 1. The fourth-order valence-corrected chi connectivity index (χ4v) is 0.365. The third-order valence-electron chi connectivity index (χ3n) is 0.966. The maximum atomic E-state index is 4.90. The van der Waals surface area contributed by atoms with Gasteiger partial charge in [-0.1, -0.05) is 0 Å². The predicted octanol–water partition coefficient (Wildman–Crippen LogP) is 0.761. The van der Waals surface area contributed by atoms with Crippen LogP contribution in [0.3, 0.4) is 0 Å². The summed E-state index contributed by atoms with van der Waals surface area (Å²) in [6, 6.07) is 0. The molecule has 0 heterocycles. The van der Waals surface area contributed by atoms with E-state index >= 15 is 0 Å². The molecular weight excluding hydrogens is 138 g/mol. The maximum absolute atomic E-state index is 4.90. The zero-order chi connectivity index (χ0) is 6.62. The predicted molar refractivity (Wildman–Crippen MR) is 42.0 cm³/mol. The van der Waals surface area contributed by atoms with Crippen LogP contribution in [0.2, 0.25) is 0 Å². The van der Waals surface area contributed by atoms with Crippen molar-refractivity contribution in [2.24, 2.45) is 0 Å². The highest BCUT2D eigenvalue weighted by Gasteiger charge is 2.03. The third kappa shape index (κ3) is 11.7. The fraction of sp³-hybridized carbons (Fsp3) is 1.00. The molecule has 0 saturated heterocycles. The van der Waals surface area contributed by atoms with Gasteiger partial charge in [-0.2, -0.15) is 0 Å². The molecule has 0 aliphatic carbocycles. The van der Waals surface area contributed by atoms with E-state index in [-0.39, 0.29) is 12.4 Å². The minimum Gasteiger partial charge on any atom is -0.379 e. The van der Waals surface area contributed by atoms with Crippen LogP contribution in [0.1, 0.15) is 0 Å². The molecular formula is C6H17ClNO+. The molecule has 0 amide bonds. The fourth-order valence-electron chi connectivity index (χ4n) is 0.365. The van der Waals surface area contributed by atoms with Crippen molar-refractivity contribution in [3.05, 3.63) is 0 Å². The lowest BCUT2D eigenvalue weighted by molar-refractivity contribution is -0.870. The van der Waals surface area contributed by atoms with Gasteiger partial charge in [-0.15, -0.1) is 12.4 Å². The van der Waals surface area contributed by atoms with Crippen LogP contribution in [0.5, 0.6) is 0 Å². The summed E-state index contributed by atoms with van der Waals surface area (Å²) in [5.74, 6) is 0. The van der Waals surface area contributed by atoms with Crippen LogP contribution in [0, 0.1) is 0 Å². The second kappa shape index (κ2) is 5.03. The van der Waals surface area contributed by atoms with Crippen LogP contribution in [-0.4, -0.2) is 45.9 Å². The Balaban J connectivity index is 0. The number of halogens is 1. The van der Waals surface area contributed by atoms with E-state index in [0.29, 0.717) is 0 Å². The zero-order valence-electron chi connectivity index (χ0n) is 6.68. The van der Waals surface area contributed by atoms with Gasteiger partial charge in [0.2, 0.25) is 0 Å². The first-order valence-corrected chi connectivity index (χ1v) is 2.85. The van der Waals surface area contributed by atoms with E-state index in [4.69, 9.17) is 4.74 Å². The standard InChI is InChI=1S/C6H16NO.ClH/c1-7(2,3)5-6-8-4;/h5-6H2,1-4H3;1H/q+1;. The molecule has 0 aromatic heterocycles.